The summed E-state index contributed by atoms with van der Waals surface area (Å²) in [5.74, 6) is 0.461. The van der Waals surface area contributed by atoms with Gasteiger partial charge in [-0.1, -0.05) is 29.3 Å². The molecule has 10 heteroatoms. The predicted molar refractivity (Wildman–Crippen MR) is 114 cm³/mol. The van der Waals surface area contributed by atoms with E-state index in [1.54, 1.807) is 13.2 Å². The maximum Gasteiger partial charge on any atom is 0.258 e. The standard InChI is InChI=1S/C19H23Cl2N5O3/c1-28-11-6-22-17(27)13-12-23-19(24-18(13)29-2)26-9-7-25(8-10-26)15-5-3-4-14(20)16(15)21/h3-5,12H,6-11H2,1-2H3,(H,22,27). The van der Waals surface area contributed by atoms with Crippen LogP contribution >= 0.6 is 23.2 Å². The van der Waals surface area contributed by atoms with E-state index in [-0.39, 0.29) is 17.4 Å². The fourth-order valence-electron chi connectivity index (χ4n) is 3.07. The molecule has 0 spiro atoms. The second-order valence-electron chi connectivity index (χ2n) is 6.39. The van der Waals surface area contributed by atoms with E-state index in [1.807, 2.05) is 17.0 Å². The number of carbonyl (C=O) groups is 1. The zero-order valence-electron chi connectivity index (χ0n) is 16.3. The summed E-state index contributed by atoms with van der Waals surface area (Å²) in [4.78, 5) is 25.3. The molecule has 0 unspecified atom stereocenters. The molecular weight excluding hydrogens is 417 g/mol. The van der Waals surface area contributed by atoms with Gasteiger partial charge in [-0.05, 0) is 12.1 Å². The van der Waals surface area contributed by atoms with Crippen molar-refractivity contribution in [3.8, 4) is 5.88 Å². The molecular formula is C19H23Cl2N5O3. The number of piperazine rings is 1. The van der Waals surface area contributed by atoms with Crippen LogP contribution in [0.5, 0.6) is 5.88 Å². The maximum absolute atomic E-state index is 12.3. The highest BCUT2D eigenvalue weighted by molar-refractivity contribution is 6.43. The number of amides is 1. The second kappa shape index (κ2) is 9.96. The Balaban J connectivity index is 1.67. The van der Waals surface area contributed by atoms with Gasteiger partial charge >= 0.3 is 0 Å². The molecule has 1 aliphatic rings. The van der Waals surface area contributed by atoms with Crippen molar-refractivity contribution in [1.82, 2.24) is 15.3 Å². The van der Waals surface area contributed by atoms with Crippen LogP contribution < -0.4 is 19.9 Å². The number of halogens is 2. The molecule has 0 aliphatic carbocycles. The van der Waals surface area contributed by atoms with Crippen molar-refractivity contribution in [2.75, 3.05) is 63.4 Å². The molecule has 156 valence electrons. The third kappa shape index (κ3) is 5.01. The van der Waals surface area contributed by atoms with Crippen LogP contribution in [-0.2, 0) is 4.74 Å². The summed E-state index contributed by atoms with van der Waals surface area (Å²) in [7, 11) is 3.06. The van der Waals surface area contributed by atoms with Gasteiger partial charge in [-0.25, -0.2) is 4.98 Å². The number of hydrogen-bond acceptors (Lipinski definition) is 7. The number of ether oxygens (including phenoxy) is 2. The van der Waals surface area contributed by atoms with E-state index in [1.165, 1.54) is 13.3 Å². The van der Waals surface area contributed by atoms with E-state index in [9.17, 15) is 4.79 Å². The number of aromatic nitrogens is 2. The lowest BCUT2D eigenvalue weighted by Crippen LogP contribution is -2.47. The Labute approximate surface area is 179 Å². The van der Waals surface area contributed by atoms with E-state index in [0.29, 0.717) is 42.2 Å². The molecule has 1 fully saturated rings. The predicted octanol–water partition coefficient (Wildman–Crippen LogP) is 2.49. The zero-order chi connectivity index (χ0) is 20.8. The quantitative estimate of drug-likeness (QED) is 0.663. The minimum atomic E-state index is -0.300. The van der Waals surface area contributed by atoms with Crippen molar-refractivity contribution in [2.24, 2.45) is 0 Å². The molecule has 1 saturated heterocycles. The van der Waals surface area contributed by atoms with Gasteiger partial charge in [-0.3, -0.25) is 4.79 Å². The van der Waals surface area contributed by atoms with Gasteiger partial charge in [0.1, 0.15) is 5.56 Å². The first-order valence-corrected chi connectivity index (χ1v) is 9.92. The van der Waals surface area contributed by atoms with Gasteiger partial charge < -0.3 is 24.6 Å². The Morgan fingerprint density at radius 2 is 1.90 bits per heavy atom. The number of methoxy groups -OCH3 is 2. The fraction of sp³-hybridized carbons (Fsp3) is 0.421. The molecule has 1 amide bonds. The third-order valence-corrected chi connectivity index (χ3v) is 5.41. The number of carbonyl (C=O) groups excluding carboxylic acids is 1. The molecule has 2 aromatic rings. The van der Waals surface area contributed by atoms with Crippen molar-refractivity contribution in [2.45, 2.75) is 0 Å². The molecule has 8 nitrogen and oxygen atoms in total. The van der Waals surface area contributed by atoms with E-state index >= 15 is 0 Å². The Hall–Kier alpha value is -2.29. The van der Waals surface area contributed by atoms with Crippen molar-refractivity contribution >= 4 is 40.7 Å². The van der Waals surface area contributed by atoms with Crippen molar-refractivity contribution < 1.29 is 14.3 Å². The van der Waals surface area contributed by atoms with Crippen LogP contribution in [-0.4, -0.2) is 69.4 Å². The molecule has 1 aromatic carbocycles. The van der Waals surface area contributed by atoms with Gasteiger partial charge in [-0.2, -0.15) is 4.98 Å². The second-order valence-corrected chi connectivity index (χ2v) is 7.17. The number of nitrogens with zero attached hydrogens (tertiary/aromatic N) is 4. The molecule has 0 saturated carbocycles. The van der Waals surface area contributed by atoms with E-state index in [0.717, 1.165) is 18.8 Å². The lowest BCUT2D eigenvalue weighted by molar-refractivity contribution is 0.0933. The minimum Gasteiger partial charge on any atom is -0.480 e. The number of nitrogens with one attached hydrogen (secondary N) is 1. The smallest absolute Gasteiger partial charge is 0.258 e. The summed E-state index contributed by atoms with van der Waals surface area (Å²) in [6.45, 7) is 3.70. The Morgan fingerprint density at radius 3 is 2.59 bits per heavy atom. The summed E-state index contributed by atoms with van der Waals surface area (Å²) < 4.78 is 10.2. The maximum atomic E-state index is 12.3. The number of anilines is 2. The van der Waals surface area contributed by atoms with Gasteiger partial charge in [0.05, 0.1) is 29.4 Å². The molecule has 0 atom stereocenters. The summed E-state index contributed by atoms with van der Waals surface area (Å²) >= 11 is 12.5. The number of hydrogen-bond donors (Lipinski definition) is 1. The summed E-state index contributed by atoms with van der Waals surface area (Å²) in [6, 6.07) is 5.62. The Kier molecular flexibility index (Phi) is 7.35. The lowest BCUT2D eigenvalue weighted by Gasteiger charge is -2.36. The molecule has 3 rings (SSSR count). The first-order chi connectivity index (χ1) is 14.0. The zero-order valence-corrected chi connectivity index (χ0v) is 17.8. The normalized spacial score (nSPS) is 14.1. The van der Waals surface area contributed by atoms with E-state index in [4.69, 9.17) is 32.7 Å². The SMILES string of the molecule is COCCNC(=O)c1cnc(N2CCN(c3cccc(Cl)c3Cl)CC2)nc1OC. The highest BCUT2D eigenvalue weighted by Gasteiger charge is 2.23. The number of benzene rings is 1. The summed E-state index contributed by atoms with van der Waals surface area (Å²) in [5, 5.41) is 3.84. The van der Waals surface area contributed by atoms with Crippen LogP contribution in [0, 0.1) is 0 Å². The highest BCUT2D eigenvalue weighted by Crippen LogP contribution is 2.33. The van der Waals surface area contributed by atoms with Crippen molar-refractivity contribution in [3.05, 3.63) is 40.0 Å². The molecule has 0 bridgehead atoms. The topological polar surface area (TPSA) is 79.8 Å². The van der Waals surface area contributed by atoms with Gasteiger partial charge in [0.15, 0.2) is 0 Å². The lowest BCUT2D eigenvalue weighted by atomic mass is 10.2. The average Bonchev–Trinajstić information content (AvgIpc) is 2.75. The highest BCUT2D eigenvalue weighted by atomic mass is 35.5. The van der Waals surface area contributed by atoms with Gasteiger partial charge in [0.2, 0.25) is 11.8 Å². The molecule has 1 aliphatic heterocycles. The van der Waals surface area contributed by atoms with E-state index in [2.05, 4.69) is 20.2 Å². The van der Waals surface area contributed by atoms with Crippen LogP contribution in [0.3, 0.4) is 0 Å². The third-order valence-electron chi connectivity index (χ3n) is 4.61. The Bertz CT molecular complexity index is 860. The van der Waals surface area contributed by atoms with Crippen LogP contribution in [0.25, 0.3) is 0 Å². The molecule has 1 N–H and O–H groups in total. The number of rotatable bonds is 7. The van der Waals surface area contributed by atoms with Crippen LogP contribution in [0.15, 0.2) is 24.4 Å². The van der Waals surface area contributed by atoms with Gasteiger partial charge in [0.25, 0.3) is 5.91 Å². The largest absolute Gasteiger partial charge is 0.480 e. The first kappa shape index (κ1) is 21.4. The van der Waals surface area contributed by atoms with E-state index < -0.39 is 0 Å². The molecule has 29 heavy (non-hydrogen) atoms. The summed E-state index contributed by atoms with van der Waals surface area (Å²) in [6.07, 6.45) is 1.49. The Morgan fingerprint density at radius 1 is 1.17 bits per heavy atom. The minimum absolute atomic E-state index is 0.241. The molecule has 1 aromatic heterocycles. The average molecular weight is 440 g/mol. The van der Waals surface area contributed by atoms with Crippen LogP contribution in [0.4, 0.5) is 11.6 Å². The van der Waals surface area contributed by atoms with Crippen LogP contribution in [0.1, 0.15) is 10.4 Å². The van der Waals surface area contributed by atoms with Crippen LogP contribution in [0.2, 0.25) is 10.0 Å². The van der Waals surface area contributed by atoms with Crippen molar-refractivity contribution in [3.63, 3.8) is 0 Å². The van der Waals surface area contributed by atoms with Gasteiger partial charge in [-0.15, -0.1) is 0 Å². The summed E-state index contributed by atoms with van der Waals surface area (Å²) in [5.41, 5.74) is 1.21. The van der Waals surface area contributed by atoms with Crippen molar-refractivity contribution in [1.29, 1.82) is 0 Å². The van der Waals surface area contributed by atoms with Gasteiger partial charge in [0, 0.05) is 46.0 Å². The monoisotopic (exact) mass is 439 g/mol. The molecule has 2 heterocycles. The molecule has 0 radical (unpaired) electrons. The fourth-order valence-corrected chi connectivity index (χ4v) is 3.48. The first-order valence-electron chi connectivity index (χ1n) is 9.17.